The van der Waals surface area contributed by atoms with Crippen molar-refractivity contribution in [3.8, 4) is 0 Å². The predicted molar refractivity (Wildman–Crippen MR) is 118 cm³/mol. The van der Waals surface area contributed by atoms with Crippen molar-refractivity contribution in [1.29, 1.82) is 0 Å². The number of fused-ring (bicyclic) bond motifs is 1. The van der Waals surface area contributed by atoms with Crippen molar-refractivity contribution in [3.63, 3.8) is 0 Å². The van der Waals surface area contributed by atoms with Gasteiger partial charge in [-0.25, -0.2) is 13.9 Å². The molecular weight excluding hydrogens is 470 g/mol. The van der Waals surface area contributed by atoms with Gasteiger partial charge >= 0.3 is 11.9 Å². The first-order valence-electron chi connectivity index (χ1n) is 10.9. The van der Waals surface area contributed by atoms with E-state index in [1.807, 2.05) is 0 Å². The molecule has 0 spiro atoms. The van der Waals surface area contributed by atoms with Crippen LogP contribution in [0.15, 0.2) is 47.3 Å². The average Bonchev–Trinajstić information content (AvgIpc) is 2.95. The third-order valence-corrected chi connectivity index (χ3v) is 5.54. The Hall–Kier alpha value is -3.96. The second kappa shape index (κ2) is 9.72. The monoisotopic (exact) mass is 491 g/mol. The number of hydrogen-bond donors (Lipinski definition) is 2. The minimum absolute atomic E-state index is 0.0567. The van der Waals surface area contributed by atoms with Gasteiger partial charge in [0, 0.05) is 24.2 Å². The molecule has 8 nitrogen and oxygen atoms in total. The normalized spacial score (nSPS) is 13.6. The predicted octanol–water partition coefficient (Wildman–Crippen LogP) is 3.82. The number of aromatic nitrogens is 3. The second-order valence-electron chi connectivity index (χ2n) is 8.09. The van der Waals surface area contributed by atoms with E-state index in [0.29, 0.717) is 24.9 Å². The molecule has 0 atom stereocenters. The highest BCUT2D eigenvalue weighted by Gasteiger charge is 2.34. The number of nitrogens with zero attached hydrogens (tertiary/aromatic N) is 3. The van der Waals surface area contributed by atoms with Crippen LogP contribution in [0.4, 0.5) is 28.9 Å². The first-order chi connectivity index (χ1) is 16.6. The van der Waals surface area contributed by atoms with E-state index in [2.05, 4.69) is 15.7 Å². The molecule has 0 saturated heterocycles. The Morgan fingerprint density at radius 3 is 2.46 bits per heavy atom. The topological polar surface area (TPSA) is 98.0 Å². The number of amides is 2. The molecular formula is C23H21F4N5O3. The maximum Gasteiger partial charge on any atom is 0.418 e. The quantitative estimate of drug-likeness (QED) is 0.531. The molecule has 0 saturated carbocycles. The molecule has 0 unspecified atom stereocenters. The summed E-state index contributed by atoms with van der Waals surface area (Å²) in [5, 5.41) is 8.66. The zero-order valence-corrected chi connectivity index (χ0v) is 18.4. The SMILES string of the molecule is O=C(Cn1nc2n(c1=O)CCCCC2)Nc1ccc(NC(=O)c2ccc(F)cc2)cc1C(F)(F)F. The van der Waals surface area contributed by atoms with Crippen LogP contribution in [0, 0.1) is 5.82 Å². The molecule has 0 bridgehead atoms. The van der Waals surface area contributed by atoms with E-state index in [4.69, 9.17) is 0 Å². The van der Waals surface area contributed by atoms with Gasteiger partial charge in [0.1, 0.15) is 18.2 Å². The molecule has 2 N–H and O–H groups in total. The van der Waals surface area contributed by atoms with Gasteiger partial charge in [-0.3, -0.25) is 14.2 Å². The first kappa shape index (κ1) is 24.2. The molecule has 2 aromatic carbocycles. The standard InChI is InChI=1S/C23H21F4N5O3/c24-15-7-5-14(6-8-15)21(34)28-16-9-10-18(17(12-16)23(25,26)27)29-20(33)13-32-22(35)31-11-3-1-2-4-19(31)30-32/h5-10,12H,1-4,11,13H2,(H,28,34)(H,29,33). The molecule has 184 valence electrons. The molecule has 2 heterocycles. The number of nitrogens with one attached hydrogen (secondary N) is 2. The molecule has 2 amide bonds. The molecule has 35 heavy (non-hydrogen) atoms. The van der Waals surface area contributed by atoms with E-state index >= 15 is 0 Å². The van der Waals surface area contributed by atoms with Crippen molar-refractivity contribution in [2.75, 3.05) is 10.6 Å². The van der Waals surface area contributed by atoms with Gasteiger partial charge < -0.3 is 10.6 Å². The number of alkyl halides is 3. The third-order valence-electron chi connectivity index (χ3n) is 5.54. The number of hydrogen-bond acceptors (Lipinski definition) is 4. The largest absolute Gasteiger partial charge is 0.418 e. The smallest absolute Gasteiger partial charge is 0.324 e. The van der Waals surface area contributed by atoms with Crippen LogP contribution in [0.5, 0.6) is 0 Å². The molecule has 1 aliphatic rings. The summed E-state index contributed by atoms with van der Waals surface area (Å²) in [7, 11) is 0. The fourth-order valence-corrected chi connectivity index (χ4v) is 3.82. The summed E-state index contributed by atoms with van der Waals surface area (Å²) in [6.07, 6.45) is -1.62. The third kappa shape index (κ3) is 5.58. The molecule has 3 aromatic rings. The highest BCUT2D eigenvalue weighted by Crippen LogP contribution is 2.36. The number of anilines is 2. The van der Waals surface area contributed by atoms with Gasteiger partial charge in [-0.05, 0) is 55.3 Å². The van der Waals surface area contributed by atoms with Crippen molar-refractivity contribution in [1.82, 2.24) is 14.3 Å². The Morgan fingerprint density at radius 2 is 1.74 bits per heavy atom. The van der Waals surface area contributed by atoms with Crippen LogP contribution in [0.1, 0.15) is 41.0 Å². The maximum atomic E-state index is 13.7. The molecule has 0 fully saturated rings. The van der Waals surface area contributed by atoms with Crippen LogP contribution in [-0.2, 0) is 30.5 Å². The Morgan fingerprint density at radius 1 is 1.00 bits per heavy atom. The number of halogens is 4. The lowest BCUT2D eigenvalue weighted by Crippen LogP contribution is -2.30. The zero-order chi connectivity index (χ0) is 25.2. The lowest BCUT2D eigenvalue weighted by molar-refractivity contribution is -0.136. The van der Waals surface area contributed by atoms with Gasteiger partial charge in [0.15, 0.2) is 0 Å². The highest BCUT2D eigenvalue weighted by molar-refractivity contribution is 6.04. The highest BCUT2D eigenvalue weighted by atomic mass is 19.4. The number of benzene rings is 2. The number of carbonyl (C=O) groups is 2. The second-order valence-corrected chi connectivity index (χ2v) is 8.09. The van der Waals surface area contributed by atoms with Crippen LogP contribution in [-0.4, -0.2) is 26.2 Å². The van der Waals surface area contributed by atoms with E-state index in [0.717, 1.165) is 42.1 Å². The number of carbonyl (C=O) groups excluding carboxylic acids is 2. The van der Waals surface area contributed by atoms with Crippen LogP contribution < -0.4 is 16.3 Å². The Balaban J connectivity index is 1.51. The zero-order valence-electron chi connectivity index (χ0n) is 18.4. The number of rotatable bonds is 5. The van der Waals surface area contributed by atoms with Crippen LogP contribution in [0.25, 0.3) is 0 Å². The van der Waals surface area contributed by atoms with E-state index in [-0.39, 0.29) is 11.3 Å². The molecule has 0 radical (unpaired) electrons. The summed E-state index contributed by atoms with van der Waals surface area (Å²) in [4.78, 5) is 37.3. The first-order valence-corrected chi connectivity index (χ1v) is 10.9. The van der Waals surface area contributed by atoms with Gasteiger partial charge in [0.25, 0.3) is 5.91 Å². The fourth-order valence-electron chi connectivity index (χ4n) is 3.82. The lowest BCUT2D eigenvalue weighted by atomic mass is 10.1. The average molecular weight is 491 g/mol. The van der Waals surface area contributed by atoms with E-state index in [1.165, 1.54) is 22.8 Å². The summed E-state index contributed by atoms with van der Waals surface area (Å²) < 4.78 is 56.5. The van der Waals surface area contributed by atoms with Crippen molar-refractivity contribution >= 4 is 23.2 Å². The Kier molecular flexibility index (Phi) is 6.72. The minimum atomic E-state index is -4.85. The Labute approximate surface area is 196 Å². The van der Waals surface area contributed by atoms with Crippen LogP contribution in [0.2, 0.25) is 0 Å². The van der Waals surface area contributed by atoms with Crippen molar-refractivity contribution < 1.29 is 27.2 Å². The van der Waals surface area contributed by atoms with Crippen LogP contribution in [0.3, 0.4) is 0 Å². The molecule has 12 heteroatoms. The summed E-state index contributed by atoms with van der Waals surface area (Å²) in [5.74, 6) is -1.59. The van der Waals surface area contributed by atoms with Crippen LogP contribution >= 0.6 is 0 Å². The van der Waals surface area contributed by atoms with E-state index in [9.17, 15) is 31.9 Å². The van der Waals surface area contributed by atoms with Gasteiger partial charge in [0.05, 0.1) is 11.3 Å². The lowest BCUT2D eigenvalue weighted by Gasteiger charge is -2.16. The maximum absolute atomic E-state index is 13.7. The van der Waals surface area contributed by atoms with Crippen molar-refractivity contribution in [3.05, 3.63) is 75.7 Å². The summed E-state index contributed by atoms with van der Waals surface area (Å²) >= 11 is 0. The van der Waals surface area contributed by atoms with Gasteiger partial charge in [-0.1, -0.05) is 6.42 Å². The van der Waals surface area contributed by atoms with Gasteiger partial charge in [-0.2, -0.15) is 18.3 Å². The van der Waals surface area contributed by atoms with Crippen molar-refractivity contribution in [2.24, 2.45) is 0 Å². The fraction of sp³-hybridized carbons (Fsp3) is 0.304. The molecule has 4 rings (SSSR count). The Bertz CT molecular complexity index is 1310. The van der Waals surface area contributed by atoms with E-state index < -0.39 is 47.3 Å². The molecule has 0 aliphatic carbocycles. The number of aryl methyl sites for hydroxylation is 1. The summed E-state index contributed by atoms with van der Waals surface area (Å²) in [6.45, 7) is -0.0572. The van der Waals surface area contributed by atoms with Gasteiger partial charge in [-0.15, -0.1) is 0 Å². The van der Waals surface area contributed by atoms with Gasteiger partial charge in [0.2, 0.25) is 5.91 Å². The summed E-state index contributed by atoms with van der Waals surface area (Å²) in [5.41, 5.74) is -2.31. The summed E-state index contributed by atoms with van der Waals surface area (Å²) in [6, 6.07) is 7.38. The van der Waals surface area contributed by atoms with E-state index in [1.54, 1.807) is 0 Å². The van der Waals surface area contributed by atoms with Crippen molar-refractivity contribution in [2.45, 2.75) is 44.9 Å². The molecule has 1 aromatic heterocycles. The molecule has 1 aliphatic heterocycles. The minimum Gasteiger partial charge on any atom is -0.324 e.